The molecule has 1 aliphatic heterocycles. The van der Waals surface area contributed by atoms with E-state index in [9.17, 15) is 29.4 Å². The Morgan fingerprint density at radius 3 is 2.04 bits per heavy atom. The molecule has 1 saturated carbocycles. The molecule has 2 aliphatic rings. The standard InChI is InChI=1S/C16H15NO6.K.H/c18-12-9-5-1-2-6-10(9)13(19)17(12)16(15(22)23)8-4-3-7-11(16)14(20)21;;/h1-2,5-6,11H,3-4,7-8H2,(H,20,21)(H,22,23);;. The maximum absolute atomic E-state index is 12.6. The van der Waals surface area contributed by atoms with Crippen molar-refractivity contribution in [3.63, 3.8) is 0 Å². The number of carbonyl (C=O) groups excluding carboxylic acids is 2. The molecule has 0 spiro atoms. The zero-order valence-corrected chi connectivity index (χ0v) is 12.2. The van der Waals surface area contributed by atoms with Crippen LogP contribution >= 0.6 is 0 Å². The predicted molar refractivity (Wildman–Crippen MR) is 84.1 cm³/mol. The van der Waals surface area contributed by atoms with E-state index in [4.69, 9.17) is 0 Å². The fourth-order valence-electron chi connectivity index (χ4n) is 3.65. The third-order valence-corrected chi connectivity index (χ3v) is 4.74. The Hall–Kier alpha value is -1.06. The third-order valence-electron chi connectivity index (χ3n) is 4.74. The van der Waals surface area contributed by atoms with Crippen molar-refractivity contribution in [3.05, 3.63) is 35.4 Å². The van der Waals surface area contributed by atoms with Crippen molar-refractivity contribution in [2.45, 2.75) is 31.2 Å². The topological polar surface area (TPSA) is 112 Å². The van der Waals surface area contributed by atoms with Crippen LogP contribution in [-0.2, 0) is 9.59 Å². The van der Waals surface area contributed by atoms with Crippen LogP contribution in [0.4, 0.5) is 0 Å². The fourth-order valence-corrected chi connectivity index (χ4v) is 3.65. The number of amides is 2. The molecule has 2 N–H and O–H groups in total. The van der Waals surface area contributed by atoms with E-state index in [0.717, 1.165) is 0 Å². The molecule has 2 atom stereocenters. The molecule has 0 bridgehead atoms. The van der Waals surface area contributed by atoms with Gasteiger partial charge in [-0.3, -0.25) is 19.3 Å². The van der Waals surface area contributed by atoms with Gasteiger partial charge in [0, 0.05) is 0 Å². The Labute approximate surface area is 180 Å². The number of carboxylic acid groups (broad SMARTS) is 2. The second kappa shape index (κ2) is 7.05. The number of imide groups is 1. The zero-order chi connectivity index (χ0) is 16.8. The first-order valence-electron chi connectivity index (χ1n) is 7.35. The number of carboxylic acids is 2. The third kappa shape index (κ3) is 2.66. The molecule has 2 unspecified atom stereocenters. The van der Waals surface area contributed by atoms with Gasteiger partial charge in [0.05, 0.1) is 17.0 Å². The van der Waals surface area contributed by atoms with Gasteiger partial charge in [-0.1, -0.05) is 25.0 Å². The van der Waals surface area contributed by atoms with Gasteiger partial charge < -0.3 is 10.2 Å². The van der Waals surface area contributed by atoms with E-state index in [1.54, 1.807) is 12.1 Å². The van der Waals surface area contributed by atoms with E-state index in [0.29, 0.717) is 17.7 Å². The van der Waals surface area contributed by atoms with Crippen molar-refractivity contribution in [1.82, 2.24) is 4.90 Å². The molecule has 8 heteroatoms. The second-order valence-electron chi connectivity index (χ2n) is 5.86. The van der Waals surface area contributed by atoms with Crippen molar-refractivity contribution < 1.29 is 29.4 Å². The first-order chi connectivity index (χ1) is 10.9. The van der Waals surface area contributed by atoms with Crippen LogP contribution < -0.4 is 0 Å². The molecule has 0 saturated heterocycles. The summed E-state index contributed by atoms with van der Waals surface area (Å²) in [4.78, 5) is 49.5. The molecule has 3 rings (SSSR count). The summed E-state index contributed by atoms with van der Waals surface area (Å²) in [5.74, 6) is -5.53. The summed E-state index contributed by atoms with van der Waals surface area (Å²) >= 11 is 0. The molecule has 1 heterocycles. The molecule has 0 aromatic heterocycles. The normalized spacial score (nSPS) is 25.8. The Morgan fingerprint density at radius 2 is 1.58 bits per heavy atom. The van der Waals surface area contributed by atoms with E-state index < -0.39 is 35.2 Å². The summed E-state index contributed by atoms with van der Waals surface area (Å²) in [5.41, 5.74) is -1.79. The SMILES string of the molecule is O=C(O)C1CCCCC1(C(=O)O)N1C(=O)c2ccccc2C1=O.[KH]. The van der Waals surface area contributed by atoms with Crippen molar-refractivity contribution >= 4 is 75.1 Å². The zero-order valence-electron chi connectivity index (χ0n) is 12.2. The average molecular weight is 357 g/mol. The molecule has 1 aromatic carbocycles. The summed E-state index contributed by atoms with van der Waals surface area (Å²) in [6.07, 6.45) is 1.07. The Morgan fingerprint density at radius 1 is 1.04 bits per heavy atom. The number of fused-ring (bicyclic) bond motifs is 1. The van der Waals surface area contributed by atoms with Gasteiger partial charge in [0.25, 0.3) is 11.8 Å². The first kappa shape index (κ1) is 19.3. The molecule has 122 valence electrons. The molecule has 2 amide bonds. The van der Waals surface area contributed by atoms with Gasteiger partial charge in [-0.2, -0.15) is 0 Å². The molecule has 1 fully saturated rings. The van der Waals surface area contributed by atoms with Crippen LogP contribution in [0.3, 0.4) is 0 Å². The molecular formula is C16H16KNO6. The van der Waals surface area contributed by atoms with E-state index in [1.807, 2.05) is 0 Å². The number of hydrogen-bond donors (Lipinski definition) is 2. The van der Waals surface area contributed by atoms with Gasteiger partial charge in [-0.05, 0) is 25.0 Å². The summed E-state index contributed by atoms with van der Waals surface area (Å²) in [7, 11) is 0. The predicted octanol–water partition coefficient (Wildman–Crippen LogP) is 0.732. The summed E-state index contributed by atoms with van der Waals surface area (Å²) in [6, 6.07) is 6.06. The molecular weight excluding hydrogens is 341 g/mol. The Kier molecular flexibility index (Phi) is 5.66. The first-order valence-corrected chi connectivity index (χ1v) is 7.35. The fraction of sp³-hybridized carbons (Fsp3) is 0.375. The number of hydrogen-bond acceptors (Lipinski definition) is 4. The molecule has 1 aliphatic carbocycles. The summed E-state index contributed by atoms with van der Waals surface area (Å²) in [6.45, 7) is 0. The van der Waals surface area contributed by atoms with Crippen LogP contribution in [-0.4, -0.2) is 95.8 Å². The Balaban J connectivity index is 0.00000208. The summed E-state index contributed by atoms with van der Waals surface area (Å²) < 4.78 is 0. The number of rotatable bonds is 3. The van der Waals surface area contributed by atoms with E-state index >= 15 is 0 Å². The molecule has 24 heavy (non-hydrogen) atoms. The number of carbonyl (C=O) groups is 4. The van der Waals surface area contributed by atoms with Gasteiger partial charge in [-0.15, -0.1) is 0 Å². The minimum atomic E-state index is -2.03. The van der Waals surface area contributed by atoms with Gasteiger partial charge in [0.2, 0.25) is 0 Å². The number of aliphatic carboxylic acids is 2. The van der Waals surface area contributed by atoms with Gasteiger partial charge >= 0.3 is 63.3 Å². The van der Waals surface area contributed by atoms with Crippen molar-refractivity contribution in [3.8, 4) is 0 Å². The van der Waals surface area contributed by atoms with Gasteiger partial charge in [0.1, 0.15) is 0 Å². The van der Waals surface area contributed by atoms with Crippen molar-refractivity contribution in [1.29, 1.82) is 0 Å². The van der Waals surface area contributed by atoms with Crippen LogP contribution in [0.2, 0.25) is 0 Å². The monoisotopic (exact) mass is 357 g/mol. The van der Waals surface area contributed by atoms with Crippen LogP contribution in [0.25, 0.3) is 0 Å². The van der Waals surface area contributed by atoms with Crippen LogP contribution in [0.15, 0.2) is 24.3 Å². The van der Waals surface area contributed by atoms with E-state index in [1.165, 1.54) is 12.1 Å². The van der Waals surface area contributed by atoms with Gasteiger partial charge in [0.15, 0.2) is 5.54 Å². The van der Waals surface area contributed by atoms with Crippen LogP contribution in [0.5, 0.6) is 0 Å². The molecule has 1 aromatic rings. The van der Waals surface area contributed by atoms with Crippen molar-refractivity contribution in [2.24, 2.45) is 5.92 Å². The van der Waals surface area contributed by atoms with Crippen LogP contribution in [0.1, 0.15) is 46.4 Å². The van der Waals surface area contributed by atoms with Crippen molar-refractivity contribution in [2.75, 3.05) is 0 Å². The number of benzene rings is 1. The minimum absolute atomic E-state index is 0. The van der Waals surface area contributed by atoms with E-state index in [-0.39, 0.29) is 75.4 Å². The van der Waals surface area contributed by atoms with E-state index in [2.05, 4.69) is 0 Å². The second-order valence-corrected chi connectivity index (χ2v) is 5.86. The number of nitrogens with zero attached hydrogens (tertiary/aromatic N) is 1. The van der Waals surface area contributed by atoms with Crippen LogP contribution in [0, 0.1) is 5.92 Å². The maximum atomic E-state index is 12.6. The molecule has 7 nitrogen and oxygen atoms in total. The Bertz CT molecular complexity index is 698. The van der Waals surface area contributed by atoms with Gasteiger partial charge in [-0.25, -0.2) is 4.79 Å². The summed E-state index contributed by atoms with van der Waals surface area (Å²) in [5, 5.41) is 19.2. The average Bonchev–Trinajstić information content (AvgIpc) is 2.79. The quantitative estimate of drug-likeness (QED) is 0.609. The molecule has 0 radical (unpaired) electrons.